The average molecular weight is 314 g/mol. The monoisotopic (exact) mass is 314 g/mol. The number of hydrogen-bond acceptors (Lipinski definition) is 4. The minimum atomic E-state index is -3.40. The Bertz CT molecular complexity index is 537. The maximum absolute atomic E-state index is 12.5. The predicted molar refractivity (Wildman–Crippen MR) is 82.6 cm³/mol. The van der Waals surface area contributed by atoms with E-state index in [9.17, 15) is 8.42 Å². The maximum atomic E-state index is 12.5. The molecule has 1 fully saturated rings. The summed E-state index contributed by atoms with van der Waals surface area (Å²) >= 11 is 0. The van der Waals surface area contributed by atoms with Crippen LogP contribution in [0, 0.1) is 0 Å². The molecule has 0 spiro atoms. The first-order chi connectivity index (χ1) is 10.1. The Hall–Kier alpha value is -0.920. The van der Waals surface area contributed by atoms with E-state index in [0.29, 0.717) is 30.6 Å². The van der Waals surface area contributed by atoms with Crippen LogP contribution in [0.5, 0.6) is 0 Å². The van der Waals surface area contributed by atoms with E-state index in [2.05, 4.69) is 17.3 Å². The lowest BCUT2D eigenvalue weighted by atomic mass is 10.3. The van der Waals surface area contributed by atoms with Gasteiger partial charge in [0.05, 0.1) is 12.7 Å². The quantitative estimate of drug-likeness (QED) is 0.710. The lowest BCUT2D eigenvalue weighted by Gasteiger charge is -2.18. The highest BCUT2D eigenvalue weighted by molar-refractivity contribution is 7.89. The second-order valence-electron chi connectivity index (χ2n) is 5.52. The van der Waals surface area contributed by atoms with Crippen molar-refractivity contribution in [1.29, 1.82) is 0 Å². The molecule has 0 saturated heterocycles. The van der Waals surface area contributed by atoms with Crippen molar-refractivity contribution >= 4 is 10.0 Å². The normalized spacial score (nSPS) is 15.8. The van der Waals surface area contributed by atoms with E-state index in [1.54, 1.807) is 10.9 Å². The molecule has 1 aromatic rings. The van der Waals surface area contributed by atoms with Crippen LogP contribution in [0.1, 0.15) is 39.5 Å². The molecule has 6 nitrogen and oxygen atoms in total. The highest BCUT2D eigenvalue weighted by atomic mass is 32.2. The third-order valence-electron chi connectivity index (χ3n) is 3.71. The minimum absolute atomic E-state index is 0.298. The fourth-order valence-corrected chi connectivity index (χ4v) is 3.65. The average Bonchev–Trinajstić information content (AvgIpc) is 3.15. The van der Waals surface area contributed by atoms with Gasteiger partial charge in [-0.05, 0) is 19.3 Å². The summed E-state index contributed by atoms with van der Waals surface area (Å²) in [7, 11) is -3.40. The van der Waals surface area contributed by atoms with Crippen molar-refractivity contribution < 1.29 is 8.42 Å². The summed E-state index contributed by atoms with van der Waals surface area (Å²) in [4.78, 5) is 0.298. The van der Waals surface area contributed by atoms with Crippen molar-refractivity contribution in [2.24, 2.45) is 0 Å². The highest BCUT2D eigenvalue weighted by Gasteiger charge is 2.24. The fraction of sp³-hybridized carbons (Fsp3) is 0.786. The third kappa shape index (κ3) is 4.52. The molecular weight excluding hydrogens is 288 g/mol. The molecule has 1 aromatic heterocycles. The van der Waals surface area contributed by atoms with Crippen molar-refractivity contribution in [3.8, 4) is 0 Å². The minimum Gasteiger partial charge on any atom is -0.312 e. The molecule has 0 aromatic carbocycles. The van der Waals surface area contributed by atoms with E-state index >= 15 is 0 Å². The van der Waals surface area contributed by atoms with Crippen LogP contribution in [-0.4, -0.2) is 48.2 Å². The molecule has 0 amide bonds. The van der Waals surface area contributed by atoms with Crippen LogP contribution < -0.4 is 5.32 Å². The summed E-state index contributed by atoms with van der Waals surface area (Å²) in [5.74, 6) is 0. The number of rotatable bonds is 10. The summed E-state index contributed by atoms with van der Waals surface area (Å²) in [6, 6.07) is 0.661. The Morgan fingerprint density at radius 3 is 2.81 bits per heavy atom. The van der Waals surface area contributed by atoms with Crippen LogP contribution in [0.15, 0.2) is 17.3 Å². The Kier molecular flexibility index (Phi) is 5.78. The molecule has 120 valence electrons. The van der Waals surface area contributed by atoms with Crippen LogP contribution >= 0.6 is 0 Å². The summed E-state index contributed by atoms with van der Waals surface area (Å²) in [6.45, 7) is 6.54. The first-order valence-electron chi connectivity index (χ1n) is 7.84. The van der Waals surface area contributed by atoms with Gasteiger partial charge in [-0.3, -0.25) is 4.68 Å². The van der Waals surface area contributed by atoms with E-state index in [-0.39, 0.29) is 0 Å². The lowest BCUT2D eigenvalue weighted by molar-refractivity contribution is 0.419. The van der Waals surface area contributed by atoms with Gasteiger partial charge in [-0.1, -0.05) is 20.3 Å². The standard InChI is InChI=1S/C14H26N4O2S/c1-3-5-9-18(4-2)21(19,20)14-11-16-17(12-14)10-8-15-13-6-7-13/h11-13,15H,3-10H2,1-2H3. The Labute approximate surface area is 127 Å². The number of nitrogens with zero attached hydrogens (tertiary/aromatic N) is 3. The van der Waals surface area contributed by atoms with E-state index in [0.717, 1.165) is 19.4 Å². The van der Waals surface area contributed by atoms with Crippen LogP contribution in [0.3, 0.4) is 0 Å². The fourth-order valence-electron chi connectivity index (χ4n) is 2.20. The molecule has 1 aliphatic carbocycles. The van der Waals surface area contributed by atoms with Gasteiger partial charge in [0.2, 0.25) is 10.0 Å². The molecule has 1 saturated carbocycles. The van der Waals surface area contributed by atoms with E-state index in [4.69, 9.17) is 0 Å². The number of sulfonamides is 1. The van der Waals surface area contributed by atoms with Gasteiger partial charge in [0.1, 0.15) is 4.90 Å². The molecule has 0 bridgehead atoms. The van der Waals surface area contributed by atoms with Crippen molar-refractivity contribution in [2.75, 3.05) is 19.6 Å². The van der Waals surface area contributed by atoms with Crippen molar-refractivity contribution in [1.82, 2.24) is 19.4 Å². The second-order valence-corrected chi connectivity index (χ2v) is 7.46. The molecule has 2 rings (SSSR count). The Balaban J connectivity index is 1.96. The molecular formula is C14H26N4O2S. The molecule has 1 aliphatic rings. The van der Waals surface area contributed by atoms with E-state index < -0.39 is 10.0 Å². The van der Waals surface area contributed by atoms with Crippen LogP contribution in [0.25, 0.3) is 0 Å². The summed E-state index contributed by atoms with van der Waals surface area (Å²) in [5.41, 5.74) is 0. The van der Waals surface area contributed by atoms with Gasteiger partial charge in [-0.15, -0.1) is 0 Å². The molecule has 21 heavy (non-hydrogen) atoms. The lowest BCUT2D eigenvalue weighted by Crippen LogP contribution is -2.31. The summed E-state index contributed by atoms with van der Waals surface area (Å²) < 4.78 is 28.3. The molecule has 0 atom stereocenters. The zero-order valence-electron chi connectivity index (χ0n) is 13.0. The zero-order chi connectivity index (χ0) is 15.3. The van der Waals surface area contributed by atoms with Crippen LogP contribution in [0.2, 0.25) is 0 Å². The van der Waals surface area contributed by atoms with E-state index in [1.165, 1.54) is 23.3 Å². The number of aromatic nitrogens is 2. The highest BCUT2D eigenvalue weighted by Crippen LogP contribution is 2.18. The third-order valence-corrected chi connectivity index (χ3v) is 5.64. The number of hydrogen-bond donors (Lipinski definition) is 1. The van der Waals surface area contributed by atoms with Gasteiger partial charge in [0.15, 0.2) is 0 Å². The molecule has 0 radical (unpaired) electrons. The van der Waals surface area contributed by atoms with Gasteiger partial charge < -0.3 is 5.32 Å². The second kappa shape index (κ2) is 7.38. The van der Waals surface area contributed by atoms with Gasteiger partial charge in [0.25, 0.3) is 0 Å². The Morgan fingerprint density at radius 1 is 1.43 bits per heavy atom. The zero-order valence-corrected chi connectivity index (χ0v) is 13.8. The number of nitrogens with one attached hydrogen (secondary N) is 1. The first-order valence-corrected chi connectivity index (χ1v) is 9.28. The maximum Gasteiger partial charge on any atom is 0.246 e. The largest absolute Gasteiger partial charge is 0.312 e. The van der Waals surface area contributed by atoms with Crippen molar-refractivity contribution in [3.05, 3.63) is 12.4 Å². The first kappa shape index (κ1) is 16.5. The topological polar surface area (TPSA) is 67.2 Å². The van der Waals surface area contributed by atoms with Gasteiger partial charge in [-0.25, -0.2) is 8.42 Å². The molecule has 1 heterocycles. The predicted octanol–water partition coefficient (Wildman–Crippen LogP) is 1.45. The molecule has 7 heteroatoms. The SMILES string of the molecule is CCCCN(CC)S(=O)(=O)c1cnn(CCNC2CC2)c1. The van der Waals surface area contributed by atoms with Crippen LogP contribution in [0.4, 0.5) is 0 Å². The molecule has 0 aliphatic heterocycles. The summed E-state index contributed by atoms with van der Waals surface area (Å²) in [5, 5.41) is 7.56. The van der Waals surface area contributed by atoms with Gasteiger partial charge in [-0.2, -0.15) is 9.40 Å². The molecule has 0 unspecified atom stereocenters. The van der Waals surface area contributed by atoms with Crippen molar-refractivity contribution in [2.45, 2.75) is 57.0 Å². The van der Waals surface area contributed by atoms with Gasteiger partial charge in [0, 0.05) is 31.9 Å². The van der Waals surface area contributed by atoms with E-state index in [1.807, 2.05) is 6.92 Å². The van der Waals surface area contributed by atoms with Crippen molar-refractivity contribution in [3.63, 3.8) is 0 Å². The van der Waals surface area contributed by atoms with Gasteiger partial charge >= 0.3 is 0 Å². The molecule has 1 N–H and O–H groups in total. The Morgan fingerprint density at radius 2 is 2.19 bits per heavy atom. The summed E-state index contributed by atoms with van der Waals surface area (Å²) in [6.07, 6.45) is 7.47. The smallest absolute Gasteiger partial charge is 0.246 e. The number of unbranched alkanes of at least 4 members (excludes halogenated alkanes) is 1. The van der Waals surface area contributed by atoms with Crippen LogP contribution in [-0.2, 0) is 16.6 Å².